The lowest BCUT2D eigenvalue weighted by Crippen LogP contribution is -2.31. The Morgan fingerprint density at radius 3 is 2.48 bits per heavy atom. The van der Waals surface area contributed by atoms with Gasteiger partial charge in [-0.2, -0.15) is 17.7 Å². The van der Waals surface area contributed by atoms with E-state index in [0.29, 0.717) is 27.8 Å². The highest BCUT2D eigenvalue weighted by Crippen LogP contribution is 2.24. The van der Waals surface area contributed by atoms with Gasteiger partial charge in [0, 0.05) is 5.56 Å². The number of benzene rings is 3. The van der Waals surface area contributed by atoms with Crippen molar-refractivity contribution in [3.63, 3.8) is 0 Å². The molecular formula is C24H17N5O3S. The zero-order valence-electron chi connectivity index (χ0n) is 17.1. The van der Waals surface area contributed by atoms with E-state index in [1.165, 1.54) is 4.57 Å². The number of hydrogen-bond donors (Lipinski definition) is 3. The average Bonchev–Trinajstić information content (AvgIpc) is 3.17. The fourth-order valence-electron chi connectivity index (χ4n) is 3.66. The van der Waals surface area contributed by atoms with Gasteiger partial charge < -0.3 is 5.32 Å². The van der Waals surface area contributed by atoms with Crippen molar-refractivity contribution >= 4 is 46.7 Å². The SMILES string of the molecule is O=C1Nc2ccccc2C1=NNC(=O)C(S)c1nc2ccccc2c(=O)n1-c1ccccc1. The molecule has 2 N–H and O–H groups in total. The number of amides is 2. The number of carbonyl (C=O) groups excluding carboxylic acids is 2. The van der Waals surface area contributed by atoms with Crippen LogP contribution in [0.2, 0.25) is 0 Å². The van der Waals surface area contributed by atoms with Gasteiger partial charge in [0.25, 0.3) is 17.4 Å². The molecule has 2 amide bonds. The summed E-state index contributed by atoms with van der Waals surface area (Å²) in [6, 6.07) is 22.9. The number of hydrogen-bond acceptors (Lipinski definition) is 6. The number of rotatable bonds is 4. The summed E-state index contributed by atoms with van der Waals surface area (Å²) in [5, 5.41) is 6.00. The molecule has 0 spiro atoms. The molecule has 0 fully saturated rings. The van der Waals surface area contributed by atoms with Gasteiger partial charge in [0.2, 0.25) is 0 Å². The van der Waals surface area contributed by atoms with E-state index in [4.69, 9.17) is 0 Å². The normalized spacial score (nSPS) is 14.7. The van der Waals surface area contributed by atoms with E-state index in [1.54, 1.807) is 72.8 Å². The summed E-state index contributed by atoms with van der Waals surface area (Å²) in [6.07, 6.45) is 0. The van der Waals surface area contributed by atoms with E-state index < -0.39 is 17.1 Å². The molecule has 9 heteroatoms. The average molecular weight is 455 g/mol. The van der Waals surface area contributed by atoms with E-state index in [9.17, 15) is 14.4 Å². The molecule has 1 unspecified atom stereocenters. The molecule has 1 aromatic heterocycles. The molecule has 3 aromatic carbocycles. The van der Waals surface area contributed by atoms with Crippen LogP contribution in [0, 0.1) is 0 Å². The molecule has 0 bridgehead atoms. The molecule has 1 aliphatic heterocycles. The van der Waals surface area contributed by atoms with Crippen molar-refractivity contribution in [3.05, 3.63) is 101 Å². The van der Waals surface area contributed by atoms with Gasteiger partial charge in [-0.1, -0.05) is 48.5 Å². The quantitative estimate of drug-likeness (QED) is 0.325. The smallest absolute Gasteiger partial charge is 0.276 e. The van der Waals surface area contributed by atoms with Crippen molar-refractivity contribution in [2.75, 3.05) is 5.32 Å². The minimum absolute atomic E-state index is 0.0893. The van der Waals surface area contributed by atoms with Gasteiger partial charge in [0.05, 0.1) is 22.3 Å². The summed E-state index contributed by atoms with van der Waals surface area (Å²) in [5.41, 5.74) is 4.38. The Morgan fingerprint density at radius 2 is 1.67 bits per heavy atom. The maximum Gasteiger partial charge on any atom is 0.276 e. The monoisotopic (exact) mass is 455 g/mol. The third-order valence-corrected chi connectivity index (χ3v) is 5.70. The molecule has 4 aromatic rings. The maximum absolute atomic E-state index is 13.3. The summed E-state index contributed by atoms with van der Waals surface area (Å²) in [5.74, 6) is -0.908. The van der Waals surface area contributed by atoms with Gasteiger partial charge in [-0.3, -0.25) is 19.0 Å². The topological polar surface area (TPSA) is 105 Å². The highest BCUT2D eigenvalue weighted by atomic mass is 32.1. The van der Waals surface area contributed by atoms with Gasteiger partial charge in [-0.25, -0.2) is 10.4 Å². The molecule has 162 valence electrons. The molecule has 8 nitrogen and oxygen atoms in total. The van der Waals surface area contributed by atoms with Crippen LogP contribution in [0.4, 0.5) is 5.69 Å². The van der Waals surface area contributed by atoms with Crippen LogP contribution in [-0.2, 0) is 9.59 Å². The molecule has 0 aliphatic carbocycles. The second-order valence-electron chi connectivity index (χ2n) is 7.30. The van der Waals surface area contributed by atoms with E-state index in [0.717, 1.165) is 0 Å². The Kier molecular flexibility index (Phi) is 5.23. The number of hydrazone groups is 1. The Hall–Kier alpha value is -4.24. The number of anilines is 1. The van der Waals surface area contributed by atoms with Crippen LogP contribution in [-0.4, -0.2) is 27.1 Å². The zero-order chi connectivity index (χ0) is 22.9. The van der Waals surface area contributed by atoms with Crippen LogP contribution < -0.4 is 16.3 Å². The second kappa shape index (κ2) is 8.36. The molecule has 0 saturated heterocycles. The van der Waals surface area contributed by atoms with Crippen LogP contribution in [0.25, 0.3) is 16.6 Å². The minimum atomic E-state index is -1.13. The van der Waals surface area contributed by atoms with Crippen molar-refractivity contribution in [1.82, 2.24) is 15.0 Å². The Balaban J connectivity index is 1.54. The predicted molar refractivity (Wildman–Crippen MR) is 129 cm³/mol. The Morgan fingerprint density at radius 1 is 0.970 bits per heavy atom. The fourth-order valence-corrected chi connectivity index (χ4v) is 3.89. The van der Waals surface area contributed by atoms with Gasteiger partial charge >= 0.3 is 0 Å². The highest BCUT2D eigenvalue weighted by Gasteiger charge is 2.28. The van der Waals surface area contributed by atoms with Crippen LogP contribution >= 0.6 is 12.6 Å². The summed E-state index contributed by atoms with van der Waals surface area (Å²) >= 11 is 4.46. The van der Waals surface area contributed by atoms with Gasteiger partial charge in [-0.05, 0) is 30.3 Å². The summed E-state index contributed by atoms with van der Waals surface area (Å²) < 4.78 is 1.37. The first-order chi connectivity index (χ1) is 16.0. The Bertz CT molecular complexity index is 1500. The lowest BCUT2D eigenvalue weighted by Gasteiger charge is -2.17. The number of carbonyl (C=O) groups is 2. The van der Waals surface area contributed by atoms with E-state index in [2.05, 4.69) is 33.5 Å². The molecule has 33 heavy (non-hydrogen) atoms. The Labute approximate surface area is 193 Å². The third-order valence-electron chi connectivity index (χ3n) is 5.23. The first-order valence-electron chi connectivity index (χ1n) is 10.1. The van der Waals surface area contributed by atoms with Gasteiger partial charge in [0.15, 0.2) is 5.71 Å². The number of aromatic nitrogens is 2. The van der Waals surface area contributed by atoms with Crippen LogP contribution in [0.3, 0.4) is 0 Å². The van der Waals surface area contributed by atoms with Crippen molar-refractivity contribution in [3.8, 4) is 5.69 Å². The zero-order valence-corrected chi connectivity index (χ0v) is 18.0. The minimum Gasteiger partial charge on any atom is -0.320 e. The van der Waals surface area contributed by atoms with E-state index in [1.807, 2.05) is 6.07 Å². The van der Waals surface area contributed by atoms with Crippen LogP contribution in [0.1, 0.15) is 16.6 Å². The lowest BCUT2D eigenvalue weighted by atomic mass is 10.1. The molecular weight excluding hydrogens is 438 g/mol. The van der Waals surface area contributed by atoms with E-state index >= 15 is 0 Å². The second-order valence-corrected chi connectivity index (χ2v) is 7.82. The number of thiol groups is 1. The number of nitrogens with zero attached hydrogens (tertiary/aromatic N) is 3. The van der Waals surface area contributed by atoms with Gasteiger partial charge in [0.1, 0.15) is 11.1 Å². The molecule has 0 radical (unpaired) electrons. The van der Waals surface area contributed by atoms with Crippen LogP contribution in [0.5, 0.6) is 0 Å². The molecule has 1 atom stereocenters. The largest absolute Gasteiger partial charge is 0.320 e. The molecule has 0 saturated carbocycles. The van der Waals surface area contributed by atoms with Crippen LogP contribution in [0.15, 0.2) is 88.8 Å². The third kappa shape index (κ3) is 3.68. The van der Waals surface area contributed by atoms with E-state index in [-0.39, 0.29) is 17.1 Å². The molecule has 1 aliphatic rings. The van der Waals surface area contributed by atoms with Crippen molar-refractivity contribution < 1.29 is 9.59 Å². The number of para-hydroxylation sites is 3. The molecule has 5 rings (SSSR count). The first kappa shape index (κ1) is 20.7. The van der Waals surface area contributed by atoms with Gasteiger partial charge in [-0.15, -0.1) is 0 Å². The fraction of sp³-hybridized carbons (Fsp3) is 0.0417. The summed E-state index contributed by atoms with van der Waals surface area (Å²) in [6.45, 7) is 0. The number of fused-ring (bicyclic) bond motifs is 2. The predicted octanol–water partition coefficient (Wildman–Crippen LogP) is 2.83. The van der Waals surface area contributed by atoms with Crippen molar-refractivity contribution in [2.24, 2.45) is 5.10 Å². The van der Waals surface area contributed by atoms with Crippen molar-refractivity contribution in [2.45, 2.75) is 5.25 Å². The van der Waals surface area contributed by atoms with Crippen molar-refractivity contribution in [1.29, 1.82) is 0 Å². The molecule has 2 heterocycles. The highest BCUT2D eigenvalue weighted by molar-refractivity contribution is 7.81. The summed E-state index contributed by atoms with van der Waals surface area (Å²) in [4.78, 5) is 43.1. The standard InChI is InChI=1S/C24H17N5O3S/c30-22-19(15-10-4-6-12-17(15)26-22)27-28-23(31)20(33)21-25-18-13-7-5-11-16(18)24(32)29(21)14-8-2-1-3-9-14/h1-13,20,33H,(H,28,31)(H,26,27,30). The lowest BCUT2D eigenvalue weighted by molar-refractivity contribution is -0.120. The maximum atomic E-state index is 13.3. The number of nitrogens with one attached hydrogen (secondary N) is 2. The first-order valence-corrected chi connectivity index (χ1v) is 10.6. The summed E-state index contributed by atoms with van der Waals surface area (Å²) in [7, 11) is 0.